The molecule has 0 aliphatic rings. The van der Waals surface area contributed by atoms with Crippen molar-refractivity contribution in [2.75, 3.05) is 13.7 Å². The molecule has 0 radical (unpaired) electrons. The molecule has 3 aromatic carbocycles. The molecule has 0 bridgehead atoms. The second-order valence-corrected chi connectivity index (χ2v) is 5.21. The fraction of sp³-hybridized carbons (Fsp3) is 0.150. The number of methoxy groups -OCH3 is 1. The second kappa shape index (κ2) is 7.04. The number of benzene rings is 3. The van der Waals surface area contributed by atoms with E-state index in [-0.39, 0.29) is 0 Å². The highest BCUT2D eigenvalue weighted by molar-refractivity contribution is 5.84. The Morgan fingerprint density at radius 3 is 2.42 bits per heavy atom. The van der Waals surface area contributed by atoms with Crippen LogP contribution < -0.4 is 14.2 Å². The summed E-state index contributed by atoms with van der Waals surface area (Å²) in [4.78, 5) is 11.2. The number of hydrogen-bond donors (Lipinski definition) is 0. The number of aldehydes is 1. The number of rotatable bonds is 6. The molecule has 0 saturated carbocycles. The van der Waals surface area contributed by atoms with E-state index in [1.807, 2.05) is 49.4 Å². The average Bonchev–Trinajstić information content (AvgIpc) is 2.63. The van der Waals surface area contributed by atoms with Crippen LogP contribution in [-0.2, 0) is 0 Å². The predicted molar refractivity (Wildman–Crippen MR) is 93.6 cm³/mol. The first kappa shape index (κ1) is 15.9. The van der Waals surface area contributed by atoms with Crippen LogP contribution in [0.5, 0.6) is 23.0 Å². The van der Waals surface area contributed by atoms with E-state index < -0.39 is 0 Å². The van der Waals surface area contributed by atoms with Crippen molar-refractivity contribution in [1.82, 2.24) is 0 Å². The Bertz CT molecular complexity index is 871. The summed E-state index contributed by atoms with van der Waals surface area (Å²) in [5.74, 6) is 2.07. The first-order valence-electron chi connectivity index (χ1n) is 7.71. The average molecular weight is 322 g/mol. The maximum absolute atomic E-state index is 11.2. The molecule has 0 heterocycles. The smallest absolute Gasteiger partial charge is 0.204 e. The monoisotopic (exact) mass is 322 g/mol. The minimum atomic E-state index is 0.452. The summed E-state index contributed by atoms with van der Waals surface area (Å²) in [6, 6.07) is 17.1. The first-order chi connectivity index (χ1) is 11.7. The van der Waals surface area contributed by atoms with E-state index in [0.717, 1.165) is 17.1 Å². The molecule has 4 heteroatoms. The van der Waals surface area contributed by atoms with E-state index in [9.17, 15) is 4.79 Å². The van der Waals surface area contributed by atoms with Crippen LogP contribution in [0.25, 0.3) is 10.8 Å². The zero-order valence-electron chi connectivity index (χ0n) is 13.6. The van der Waals surface area contributed by atoms with Crippen LogP contribution in [0, 0.1) is 0 Å². The Morgan fingerprint density at radius 1 is 0.958 bits per heavy atom. The first-order valence-corrected chi connectivity index (χ1v) is 7.71. The summed E-state index contributed by atoms with van der Waals surface area (Å²) in [6.45, 7) is 2.34. The maximum Gasteiger partial charge on any atom is 0.204 e. The van der Waals surface area contributed by atoms with Crippen molar-refractivity contribution in [1.29, 1.82) is 0 Å². The van der Waals surface area contributed by atoms with Gasteiger partial charge < -0.3 is 14.2 Å². The van der Waals surface area contributed by atoms with Gasteiger partial charge in [0.25, 0.3) is 0 Å². The summed E-state index contributed by atoms with van der Waals surface area (Å²) in [7, 11) is 1.53. The molecule has 0 atom stereocenters. The van der Waals surface area contributed by atoms with Gasteiger partial charge in [-0.25, -0.2) is 0 Å². The third-order valence-electron chi connectivity index (χ3n) is 3.64. The van der Waals surface area contributed by atoms with Gasteiger partial charge in [0.1, 0.15) is 12.0 Å². The van der Waals surface area contributed by atoms with Crippen molar-refractivity contribution >= 4 is 17.1 Å². The lowest BCUT2D eigenvalue weighted by Gasteiger charge is -2.15. The Morgan fingerprint density at radius 2 is 1.71 bits per heavy atom. The lowest BCUT2D eigenvalue weighted by atomic mass is 10.1. The normalized spacial score (nSPS) is 10.4. The highest BCUT2D eigenvalue weighted by Gasteiger charge is 2.15. The highest BCUT2D eigenvalue weighted by Crippen LogP contribution is 2.41. The van der Waals surface area contributed by atoms with E-state index in [1.54, 1.807) is 12.1 Å². The van der Waals surface area contributed by atoms with Crippen molar-refractivity contribution < 1.29 is 19.0 Å². The fourth-order valence-corrected chi connectivity index (χ4v) is 2.54. The largest absolute Gasteiger partial charge is 0.493 e. The Labute approximate surface area is 140 Å². The standard InChI is InChI=1S/C20H18O4/c1-3-23-20-18(22-2)10-14(13-21)11-19(20)24-17-9-8-15-6-4-5-7-16(15)12-17/h4-13H,3H2,1-2H3. The lowest BCUT2D eigenvalue weighted by molar-refractivity contribution is 0.112. The molecule has 0 saturated heterocycles. The molecule has 3 aromatic rings. The molecule has 24 heavy (non-hydrogen) atoms. The molecule has 0 fully saturated rings. The molecule has 3 rings (SSSR count). The summed E-state index contributed by atoms with van der Waals surface area (Å²) < 4.78 is 17.0. The Hall–Kier alpha value is -3.01. The number of fused-ring (bicyclic) bond motifs is 1. The third-order valence-corrected chi connectivity index (χ3v) is 3.64. The number of carbonyl (C=O) groups is 1. The van der Waals surface area contributed by atoms with Crippen molar-refractivity contribution in [3.63, 3.8) is 0 Å². The minimum absolute atomic E-state index is 0.452. The highest BCUT2D eigenvalue weighted by atomic mass is 16.5. The molecule has 0 unspecified atom stereocenters. The topological polar surface area (TPSA) is 44.8 Å². The number of carbonyl (C=O) groups excluding carboxylic acids is 1. The van der Waals surface area contributed by atoms with Crippen LogP contribution >= 0.6 is 0 Å². The zero-order chi connectivity index (χ0) is 16.9. The van der Waals surface area contributed by atoms with Gasteiger partial charge in [0.05, 0.1) is 13.7 Å². The Balaban J connectivity index is 2.04. The molecule has 0 aliphatic heterocycles. The van der Waals surface area contributed by atoms with Gasteiger partial charge >= 0.3 is 0 Å². The molecular formula is C20H18O4. The van der Waals surface area contributed by atoms with Crippen molar-refractivity contribution in [2.45, 2.75) is 6.92 Å². The second-order valence-electron chi connectivity index (χ2n) is 5.21. The van der Waals surface area contributed by atoms with Crippen molar-refractivity contribution in [3.05, 3.63) is 60.2 Å². The van der Waals surface area contributed by atoms with Gasteiger partial charge in [-0.1, -0.05) is 30.3 Å². The van der Waals surface area contributed by atoms with Crippen LogP contribution in [0.15, 0.2) is 54.6 Å². The van der Waals surface area contributed by atoms with Gasteiger partial charge in [0.15, 0.2) is 11.5 Å². The summed E-state index contributed by atoms with van der Waals surface area (Å²) >= 11 is 0. The molecule has 0 aliphatic carbocycles. The molecular weight excluding hydrogens is 304 g/mol. The maximum atomic E-state index is 11.2. The van der Waals surface area contributed by atoms with E-state index in [1.165, 1.54) is 7.11 Å². The Kier molecular flexibility index (Phi) is 4.66. The van der Waals surface area contributed by atoms with Gasteiger partial charge in [0, 0.05) is 5.56 Å². The third kappa shape index (κ3) is 3.18. The van der Waals surface area contributed by atoms with Crippen LogP contribution in [0.3, 0.4) is 0 Å². The van der Waals surface area contributed by atoms with Crippen molar-refractivity contribution in [3.8, 4) is 23.0 Å². The number of hydrogen-bond acceptors (Lipinski definition) is 4. The van der Waals surface area contributed by atoms with E-state index in [0.29, 0.717) is 35.2 Å². The summed E-state index contributed by atoms with van der Waals surface area (Å²) in [5.41, 5.74) is 0.464. The number of ether oxygens (including phenoxy) is 3. The van der Waals surface area contributed by atoms with Gasteiger partial charge in [-0.2, -0.15) is 0 Å². The fourth-order valence-electron chi connectivity index (χ4n) is 2.54. The molecule has 4 nitrogen and oxygen atoms in total. The molecule has 0 aromatic heterocycles. The van der Waals surface area contributed by atoms with Crippen LogP contribution in [0.4, 0.5) is 0 Å². The summed E-state index contributed by atoms with van der Waals surface area (Å²) in [6.07, 6.45) is 0.755. The van der Waals surface area contributed by atoms with Crippen molar-refractivity contribution in [2.24, 2.45) is 0 Å². The van der Waals surface area contributed by atoms with Gasteiger partial charge in [0.2, 0.25) is 5.75 Å². The molecule has 0 amide bonds. The van der Waals surface area contributed by atoms with E-state index in [4.69, 9.17) is 14.2 Å². The van der Waals surface area contributed by atoms with Gasteiger partial charge in [-0.3, -0.25) is 4.79 Å². The molecule has 0 N–H and O–H groups in total. The predicted octanol–water partition coefficient (Wildman–Crippen LogP) is 4.85. The summed E-state index contributed by atoms with van der Waals surface area (Å²) in [5, 5.41) is 2.21. The quantitative estimate of drug-likeness (QED) is 0.608. The molecule has 0 spiro atoms. The minimum Gasteiger partial charge on any atom is -0.493 e. The van der Waals surface area contributed by atoms with Gasteiger partial charge in [-0.15, -0.1) is 0 Å². The van der Waals surface area contributed by atoms with Gasteiger partial charge in [-0.05, 0) is 42.0 Å². The van der Waals surface area contributed by atoms with E-state index in [2.05, 4.69) is 0 Å². The van der Waals surface area contributed by atoms with Crippen LogP contribution in [0.2, 0.25) is 0 Å². The van der Waals surface area contributed by atoms with E-state index >= 15 is 0 Å². The zero-order valence-corrected chi connectivity index (χ0v) is 13.6. The SMILES string of the molecule is CCOc1c(OC)cc(C=O)cc1Oc1ccc2ccccc2c1. The van der Waals surface area contributed by atoms with Crippen LogP contribution in [0.1, 0.15) is 17.3 Å². The lowest BCUT2D eigenvalue weighted by Crippen LogP contribution is -1.99. The van der Waals surface area contributed by atoms with Crippen LogP contribution in [-0.4, -0.2) is 20.0 Å². The molecule has 122 valence electrons.